The normalized spacial score (nSPS) is 11.2. The van der Waals surface area contributed by atoms with Crippen molar-refractivity contribution in [1.29, 1.82) is 0 Å². The van der Waals surface area contributed by atoms with Gasteiger partial charge < -0.3 is 0 Å². The summed E-state index contributed by atoms with van der Waals surface area (Å²) in [5.74, 6) is 0. The molecule has 0 aliphatic heterocycles. The third-order valence-corrected chi connectivity index (χ3v) is 1.40. The van der Waals surface area contributed by atoms with Crippen LogP contribution in [0, 0.1) is 0 Å². The summed E-state index contributed by atoms with van der Waals surface area (Å²) in [6.07, 6.45) is 0. The van der Waals surface area contributed by atoms with E-state index in [1.165, 1.54) is 0 Å². The molecular weight excluding hydrogens is 275 g/mol. The minimum absolute atomic E-state index is 0.799. The van der Waals surface area contributed by atoms with E-state index in [2.05, 4.69) is 64.9 Å². The summed E-state index contributed by atoms with van der Waals surface area (Å²) in [7, 11) is 0. The van der Waals surface area contributed by atoms with Crippen LogP contribution in [-0.2, 0) is 64.9 Å². The fraction of sp³-hybridized carbons (Fsp3) is 1.00. The van der Waals surface area contributed by atoms with Crippen molar-refractivity contribution < 1.29 is 64.9 Å². The van der Waals surface area contributed by atoms with Gasteiger partial charge in [-0.3, -0.25) is 0 Å². The Kier molecular flexibility index (Phi) is 7.20. The van der Waals surface area contributed by atoms with E-state index in [0.717, 1.165) is 13.1 Å². The van der Waals surface area contributed by atoms with Gasteiger partial charge in [0.1, 0.15) is 0 Å². The standard InChI is InChI=1S/C2H4N2.4Fe/c3-1-2-4;;;;/h1-2H2;;;;. The molecule has 0 amide bonds. The van der Waals surface area contributed by atoms with E-state index in [4.69, 9.17) is 0 Å². The zero-order chi connectivity index (χ0) is 6.57. The summed E-state index contributed by atoms with van der Waals surface area (Å²) in [6.45, 7) is 1.60. The van der Waals surface area contributed by atoms with Crippen LogP contribution in [0.1, 0.15) is 0 Å². The minimum atomic E-state index is 0.799. The Morgan fingerprint density at radius 3 is 1.12 bits per heavy atom. The number of hydrogen-bond acceptors (Lipinski definition) is 2. The molecule has 6 heteroatoms. The molecule has 0 aliphatic carbocycles. The Morgan fingerprint density at radius 2 is 1.00 bits per heavy atom. The Bertz CT molecular complexity index is 48.0. The van der Waals surface area contributed by atoms with Gasteiger partial charge in [-0.05, 0) is 0 Å². The van der Waals surface area contributed by atoms with Crippen molar-refractivity contribution in [2.45, 2.75) is 0 Å². The molecule has 0 atom stereocenters. The van der Waals surface area contributed by atoms with E-state index in [0.29, 0.717) is 0 Å². The van der Waals surface area contributed by atoms with Crippen LogP contribution in [0.4, 0.5) is 0 Å². The van der Waals surface area contributed by atoms with Gasteiger partial charge in [0.25, 0.3) is 0 Å². The van der Waals surface area contributed by atoms with Gasteiger partial charge in [0.15, 0.2) is 0 Å². The molecule has 54 valence electrons. The fourth-order valence-electron chi connectivity index (χ4n) is 0.141. The van der Waals surface area contributed by atoms with E-state index in [-0.39, 0.29) is 0 Å². The molecule has 0 saturated carbocycles. The van der Waals surface area contributed by atoms with E-state index in [9.17, 15) is 0 Å². The first-order chi connectivity index (χ1) is 3.63. The van der Waals surface area contributed by atoms with Crippen LogP contribution in [0.15, 0.2) is 0 Å². The molecule has 0 N–H and O–H groups in total. The fourth-order valence-corrected chi connectivity index (χ4v) is 0.583. The van der Waals surface area contributed by atoms with Gasteiger partial charge in [-0.15, -0.1) is 0 Å². The molecule has 0 radical (unpaired) electrons. The summed E-state index contributed by atoms with van der Waals surface area (Å²) >= 11 is 14.2. The van der Waals surface area contributed by atoms with Gasteiger partial charge in [0.2, 0.25) is 0 Å². The van der Waals surface area contributed by atoms with Crippen molar-refractivity contribution in [2.75, 3.05) is 13.1 Å². The SMILES string of the molecule is [Fe][N]([Fe])CC[N]([Fe])[Fe]. The molecule has 0 bridgehead atoms. The summed E-state index contributed by atoms with van der Waals surface area (Å²) in [5, 5.41) is 0. The third-order valence-electron chi connectivity index (χ3n) is 0.416. The predicted molar refractivity (Wildman–Crippen MR) is 13.4 cm³/mol. The summed E-state index contributed by atoms with van der Waals surface area (Å²) < 4.78 is 3.20. The molecule has 0 aliphatic rings. The molecule has 0 saturated heterocycles. The summed E-state index contributed by atoms with van der Waals surface area (Å²) in [4.78, 5) is 0. The monoisotopic (exact) mass is 280 g/mol. The molecular formula is C2H4Fe4N2. The molecule has 0 spiro atoms. The van der Waals surface area contributed by atoms with Crippen molar-refractivity contribution in [2.24, 2.45) is 0 Å². The van der Waals surface area contributed by atoms with Gasteiger partial charge in [-0.2, -0.15) is 0 Å². The van der Waals surface area contributed by atoms with Crippen LogP contribution >= 0.6 is 0 Å². The molecule has 0 aromatic heterocycles. The van der Waals surface area contributed by atoms with E-state index >= 15 is 0 Å². The maximum atomic E-state index is 3.55. The molecule has 0 heterocycles. The maximum absolute atomic E-state index is 3.55. The second-order valence-corrected chi connectivity index (χ2v) is 4.19. The van der Waals surface area contributed by atoms with E-state index in [1.807, 2.05) is 0 Å². The van der Waals surface area contributed by atoms with Crippen LogP contribution in [-0.4, -0.2) is 19.0 Å². The molecule has 0 unspecified atom stereocenters. The summed E-state index contributed by atoms with van der Waals surface area (Å²) in [5.41, 5.74) is 0. The molecule has 0 rings (SSSR count). The average Bonchev–Trinajstić information content (AvgIpc) is 1.61. The van der Waals surface area contributed by atoms with Gasteiger partial charge in [-0.1, -0.05) is 0 Å². The molecule has 0 aromatic carbocycles. The number of hydrogen-bond donors (Lipinski definition) is 0. The van der Waals surface area contributed by atoms with E-state index < -0.39 is 0 Å². The first-order valence-corrected chi connectivity index (χ1v) is 3.74. The number of nitrogens with zero attached hydrogens (tertiary/aromatic N) is 2. The van der Waals surface area contributed by atoms with Crippen molar-refractivity contribution in [1.82, 2.24) is 5.87 Å². The van der Waals surface area contributed by atoms with Gasteiger partial charge in [0, 0.05) is 0 Å². The van der Waals surface area contributed by atoms with Gasteiger partial charge in [0.05, 0.1) is 0 Å². The Labute approximate surface area is 83.2 Å². The average molecular weight is 279 g/mol. The number of rotatable bonds is 3. The Morgan fingerprint density at radius 1 is 0.750 bits per heavy atom. The third kappa shape index (κ3) is 8.00. The quantitative estimate of drug-likeness (QED) is 0.639. The second-order valence-electron chi connectivity index (χ2n) is 1.01. The van der Waals surface area contributed by atoms with Crippen LogP contribution in [0.2, 0.25) is 0 Å². The molecule has 0 aromatic rings. The Hall–Kier alpha value is 2.00. The van der Waals surface area contributed by atoms with Crippen LogP contribution in [0.25, 0.3) is 0 Å². The second kappa shape index (κ2) is 5.76. The zero-order valence-corrected chi connectivity index (χ0v) is 8.14. The Balaban J connectivity index is 2.93. The van der Waals surface area contributed by atoms with Crippen molar-refractivity contribution in [3.8, 4) is 0 Å². The van der Waals surface area contributed by atoms with Crippen molar-refractivity contribution in [3.05, 3.63) is 0 Å². The molecule has 8 heavy (non-hydrogen) atoms. The van der Waals surface area contributed by atoms with Crippen molar-refractivity contribution >= 4 is 0 Å². The summed E-state index contributed by atoms with van der Waals surface area (Å²) in [6, 6.07) is 0. The van der Waals surface area contributed by atoms with Crippen LogP contribution < -0.4 is 0 Å². The van der Waals surface area contributed by atoms with Crippen molar-refractivity contribution in [3.63, 3.8) is 0 Å². The first-order valence-electron chi connectivity index (χ1n) is 1.76. The van der Waals surface area contributed by atoms with Crippen LogP contribution in [0.5, 0.6) is 0 Å². The first kappa shape index (κ1) is 10.00. The van der Waals surface area contributed by atoms with Gasteiger partial charge in [-0.25, -0.2) is 0 Å². The molecule has 2 nitrogen and oxygen atoms in total. The zero-order valence-electron chi connectivity index (χ0n) is 3.72. The predicted octanol–water partition coefficient (Wildman–Crippen LogP) is -0.562. The van der Waals surface area contributed by atoms with Crippen LogP contribution in [0.3, 0.4) is 0 Å². The molecule has 0 fully saturated rings. The van der Waals surface area contributed by atoms with Gasteiger partial charge >= 0.3 is 83.9 Å². The van der Waals surface area contributed by atoms with E-state index in [1.54, 1.807) is 5.87 Å². The topological polar surface area (TPSA) is 6.48 Å².